The Labute approximate surface area is 130 Å². The van der Waals surface area contributed by atoms with E-state index in [1.165, 1.54) is 44.9 Å². The molecule has 3 nitrogen and oxygen atoms in total. The predicted molar refractivity (Wildman–Crippen MR) is 88.2 cm³/mol. The van der Waals surface area contributed by atoms with Crippen molar-refractivity contribution in [2.45, 2.75) is 90.6 Å². The van der Waals surface area contributed by atoms with Crippen LogP contribution in [-0.4, -0.2) is 23.8 Å². The van der Waals surface area contributed by atoms with E-state index in [0.717, 1.165) is 12.8 Å². The highest BCUT2D eigenvalue weighted by Gasteiger charge is 2.06. The van der Waals surface area contributed by atoms with Crippen molar-refractivity contribution in [3.8, 4) is 0 Å². The number of unbranched alkanes of at least 4 members (excludes halogenated alkanes) is 7. The maximum atomic E-state index is 11.4. The van der Waals surface area contributed by atoms with Crippen molar-refractivity contribution >= 4 is 5.97 Å². The van der Waals surface area contributed by atoms with Gasteiger partial charge in [-0.25, -0.2) is 0 Å². The summed E-state index contributed by atoms with van der Waals surface area (Å²) < 4.78 is 4.99. The van der Waals surface area contributed by atoms with Gasteiger partial charge in [0, 0.05) is 6.42 Å². The standard InChI is InChI=1S/C18H34O3/c1-3-5-6-7-8-9-10-11-12-13-14-15-18(20)21-16-17(19)4-2/h7-8,17,19H,3-6,9-16H2,1-2H3/b8-7-. The van der Waals surface area contributed by atoms with Gasteiger partial charge < -0.3 is 9.84 Å². The highest BCUT2D eigenvalue weighted by molar-refractivity contribution is 5.69. The number of ether oxygens (including phenoxy) is 1. The number of carbonyl (C=O) groups is 1. The molecule has 0 spiro atoms. The Balaban J connectivity index is 3.24. The summed E-state index contributed by atoms with van der Waals surface area (Å²) in [7, 11) is 0. The number of aliphatic hydroxyl groups excluding tert-OH is 1. The molecule has 1 atom stereocenters. The molecule has 1 N–H and O–H groups in total. The number of hydrogen-bond acceptors (Lipinski definition) is 3. The second-order valence-electron chi connectivity index (χ2n) is 5.67. The first-order valence-corrected chi connectivity index (χ1v) is 8.69. The molecule has 0 rings (SSSR count). The molecule has 0 aliphatic rings. The van der Waals surface area contributed by atoms with Crippen LogP contribution in [-0.2, 0) is 9.53 Å². The van der Waals surface area contributed by atoms with Crippen molar-refractivity contribution in [1.29, 1.82) is 0 Å². The number of allylic oxidation sites excluding steroid dienone is 2. The van der Waals surface area contributed by atoms with Crippen LogP contribution in [0.4, 0.5) is 0 Å². The van der Waals surface area contributed by atoms with Gasteiger partial charge in [0.1, 0.15) is 6.61 Å². The van der Waals surface area contributed by atoms with Crippen molar-refractivity contribution in [1.82, 2.24) is 0 Å². The van der Waals surface area contributed by atoms with Crippen LogP contribution in [0.15, 0.2) is 12.2 Å². The lowest BCUT2D eigenvalue weighted by molar-refractivity contribution is -0.146. The van der Waals surface area contributed by atoms with Gasteiger partial charge in [0.15, 0.2) is 0 Å². The normalized spacial score (nSPS) is 12.7. The number of carbonyl (C=O) groups excluding carboxylic acids is 1. The SMILES string of the molecule is CCCC/C=C\CCCCCCCC(=O)OCC(O)CC. The van der Waals surface area contributed by atoms with Crippen LogP contribution in [0, 0.1) is 0 Å². The summed E-state index contributed by atoms with van der Waals surface area (Å²) in [6.45, 7) is 4.23. The maximum Gasteiger partial charge on any atom is 0.305 e. The Hall–Kier alpha value is -0.830. The van der Waals surface area contributed by atoms with Crippen molar-refractivity contribution in [3.63, 3.8) is 0 Å². The van der Waals surface area contributed by atoms with E-state index in [-0.39, 0.29) is 12.6 Å². The maximum absolute atomic E-state index is 11.4. The van der Waals surface area contributed by atoms with Crippen LogP contribution in [0.1, 0.15) is 84.5 Å². The van der Waals surface area contributed by atoms with E-state index in [9.17, 15) is 9.90 Å². The van der Waals surface area contributed by atoms with E-state index in [0.29, 0.717) is 12.8 Å². The monoisotopic (exact) mass is 298 g/mol. The lowest BCUT2D eigenvalue weighted by Crippen LogP contribution is -2.17. The quantitative estimate of drug-likeness (QED) is 0.285. The zero-order valence-electron chi connectivity index (χ0n) is 14.0. The minimum absolute atomic E-state index is 0.139. The molecule has 21 heavy (non-hydrogen) atoms. The van der Waals surface area contributed by atoms with Gasteiger partial charge >= 0.3 is 5.97 Å². The molecule has 0 amide bonds. The van der Waals surface area contributed by atoms with Crippen molar-refractivity contribution in [2.24, 2.45) is 0 Å². The molecule has 0 aromatic carbocycles. The van der Waals surface area contributed by atoms with Gasteiger partial charge in [0.2, 0.25) is 0 Å². The lowest BCUT2D eigenvalue weighted by atomic mass is 10.1. The zero-order chi connectivity index (χ0) is 15.8. The summed E-state index contributed by atoms with van der Waals surface area (Å²) in [6.07, 6.45) is 15.8. The highest BCUT2D eigenvalue weighted by atomic mass is 16.5. The first kappa shape index (κ1) is 20.2. The molecule has 0 heterocycles. The fraction of sp³-hybridized carbons (Fsp3) is 0.833. The van der Waals surface area contributed by atoms with Crippen LogP contribution < -0.4 is 0 Å². The largest absolute Gasteiger partial charge is 0.463 e. The molecule has 0 aromatic heterocycles. The van der Waals surface area contributed by atoms with E-state index >= 15 is 0 Å². The van der Waals surface area contributed by atoms with E-state index in [1.54, 1.807) is 0 Å². The third-order valence-corrected chi connectivity index (χ3v) is 3.55. The van der Waals surface area contributed by atoms with Crippen LogP contribution in [0.5, 0.6) is 0 Å². The Morgan fingerprint density at radius 1 is 1.00 bits per heavy atom. The molecule has 0 saturated heterocycles. The summed E-state index contributed by atoms with van der Waals surface area (Å²) in [4.78, 5) is 11.4. The molecule has 0 bridgehead atoms. The van der Waals surface area contributed by atoms with Gasteiger partial charge in [-0.3, -0.25) is 4.79 Å². The Morgan fingerprint density at radius 3 is 2.29 bits per heavy atom. The van der Waals surface area contributed by atoms with E-state index < -0.39 is 6.10 Å². The lowest BCUT2D eigenvalue weighted by Gasteiger charge is -2.08. The molecule has 0 aliphatic heterocycles. The second kappa shape index (κ2) is 15.6. The van der Waals surface area contributed by atoms with Gasteiger partial charge in [0.25, 0.3) is 0 Å². The summed E-state index contributed by atoms with van der Waals surface area (Å²) in [5, 5.41) is 9.28. The van der Waals surface area contributed by atoms with E-state index in [1.807, 2.05) is 6.92 Å². The number of rotatable bonds is 14. The minimum Gasteiger partial charge on any atom is -0.463 e. The summed E-state index contributed by atoms with van der Waals surface area (Å²) in [5.41, 5.74) is 0. The average molecular weight is 298 g/mol. The molecule has 0 saturated carbocycles. The minimum atomic E-state index is -0.515. The first-order valence-electron chi connectivity index (χ1n) is 8.69. The highest BCUT2D eigenvalue weighted by Crippen LogP contribution is 2.09. The fourth-order valence-corrected chi connectivity index (χ4v) is 2.00. The zero-order valence-corrected chi connectivity index (χ0v) is 14.0. The molecule has 0 radical (unpaired) electrons. The third-order valence-electron chi connectivity index (χ3n) is 3.55. The molecule has 3 heteroatoms. The van der Waals surface area contributed by atoms with Crippen LogP contribution in [0.2, 0.25) is 0 Å². The Kier molecular flexibility index (Phi) is 14.9. The van der Waals surface area contributed by atoms with Crippen LogP contribution >= 0.6 is 0 Å². The summed E-state index contributed by atoms with van der Waals surface area (Å²) >= 11 is 0. The summed E-state index contributed by atoms with van der Waals surface area (Å²) in [6, 6.07) is 0. The molecule has 0 aliphatic carbocycles. The van der Waals surface area contributed by atoms with Crippen LogP contribution in [0.3, 0.4) is 0 Å². The van der Waals surface area contributed by atoms with Crippen molar-refractivity contribution in [3.05, 3.63) is 12.2 Å². The fourth-order valence-electron chi connectivity index (χ4n) is 2.00. The predicted octanol–water partition coefficient (Wildman–Crippen LogP) is 4.78. The van der Waals surface area contributed by atoms with Gasteiger partial charge in [-0.1, -0.05) is 58.1 Å². The van der Waals surface area contributed by atoms with Crippen molar-refractivity contribution < 1.29 is 14.6 Å². The number of aliphatic hydroxyl groups is 1. The van der Waals surface area contributed by atoms with Gasteiger partial charge in [-0.2, -0.15) is 0 Å². The van der Waals surface area contributed by atoms with Gasteiger partial charge in [-0.05, 0) is 32.1 Å². The Bertz CT molecular complexity index is 261. The number of hydrogen-bond donors (Lipinski definition) is 1. The summed E-state index contributed by atoms with van der Waals surface area (Å²) in [5.74, 6) is -0.179. The molecule has 0 aromatic rings. The smallest absolute Gasteiger partial charge is 0.305 e. The number of esters is 1. The van der Waals surface area contributed by atoms with E-state index in [4.69, 9.17) is 4.74 Å². The third kappa shape index (κ3) is 15.4. The molecule has 124 valence electrons. The topological polar surface area (TPSA) is 46.5 Å². The second-order valence-corrected chi connectivity index (χ2v) is 5.67. The van der Waals surface area contributed by atoms with Crippen LogP contribution in [0.25, 0.3) is 0 Å². The molecule has 1 unspecified atom stereocenters. The first-order chi connectivity index (χ1) is 10.2. The average Bonchev–Trinajstić information content (AvgIpc) is 2.50. The molecular weight excluding hydrogens is 264 g/mol. The Morgan fingerprint density at radius 2 is 1.62 bits per heavy atom. The van der Waals surface area contributed by atoms with Crippen molar-refractivity contribution in [2.75, 3.05) is 6.61 Å². The van der Waals surface area contributed by atoms with Gasteiger partial charge in [-0.15, -0.1) is 0 Å². The molecular formula is C18H34O3. The van der Waals surface area contributed by atoms with E-state index in [2.05, 4.69) is 19.1 Å². The van der Waals surface area contributed by atoms with Gasteiger partial charge in [0.05, 0.1) is 6.10 Å². The molecule has 0 fully saturated rings.